The van der Waals surface area contributed by atoms with Gasteiger partial charge in [0.2, 0.25) is 11.9 Å². The van der Waals surface area contributed by atoms with Crippen molar-refractivity contribution in [3.8, 4) is 11.3 Å². The summed E-state index contributed by atoms with van der Waals surface area (Å²) in [6.45, 7) is 5.56. The average Bonchev–Trinajstić information content (AvgIpc) is 2.93. The molecular weight excluding hydrogens is 456 g/mol. The maximum absolute atomic E-state index is 11.9. The number of carbonyl (C=O) groups excluding carboxylic acids is 1. The van der Waals surface area contributed by atoms with E-state index >= 15 is 0 Å². The Labute approximate surface area is 208 Å². The summed E-state index contributed by atoms with van der Waals surface area (Å²) in [6.07, 6.45) is 4.49. The third-order valence-electron chi connectivity index (χ3n) is 5.95. The highest BCUT2D eigenvalue weighted by Gasteiger charge is 2.20. The molecule has 9 nitrogen and oxygen atoms in total. The molecule has 0 radical (unpaired) electrons. The largest absolute Gasteiger partial charge is 0.394 e. The third-order valence-corrected chi connectivity index (χ3v) is 5.95. The molecule has 0 unspecified atom stereocenters. The van der Waals surface area contributed by atoms with Gasteiger partial charge in [0.1, 0.15) is 0 Å². The molecule has 0 bridgehead atoms. The fourth-order valence-electron chi connectivity index (χ4n) is 4.16. The van der Waals surface area contributed by atoms with Gasteiger partial charge in [-0.05, 0) is 42.5 Å². The number of morpholine rings is 1. The van der Waals surface area contributed by atoms with Gasteiger partial charge in [-0.3, -0.25) is 9.78 Å². The fourth-order valence-corrected chi connectivity index (χ4v) is 4.16. The number of nitrogens with zero attached hydrogens (tertiary/aromatic N) is 4. The second-order valence-corrected chi connectivity index (χ2v) is 8.32. The zero-order valence-corrected chi connectivity index (χ0v) is 19.6. The van der Waals surface area contributed by atoms with E-state index in [9.17, 15) is 9.90 Å². The molecule has 3 heterocycles. The molecule has 2 aromatic carbocycles. The van der Waals surface area contributed by atoms with Gasteiger partial charge in [-0.2, -0.15) is 0 Å². The molecule has 9 heteroatoms. The minimum atomic E-state index is -0.311. The molecule has 1 fully saturated rings. The lowest BCUT2D eigenvalue weighted by molar-refractivity contribution is -0.111. The molecule has 1 atom stereocenters. The van der Waals surface area contributed by atoms with Crippen molar-refractivity contribution in [1.82, 2.24) is 15.0 Å². The van der Waals surface area contributed by atoms with E-state index in [0.29, 0.717) is 36.0 Å². The monoisotopic (exact) mass is 482 g/mol. The number of anilines is 4. The Kier molecular flexibility index (Phi) is 6.83. The van der Waals surface area contributed by atoms with Gasteiger partial charge in [0.15, 0.2) is 0 Å². The Hall–Kier alpha value is -4.34. The number of aromatic nitrogens is 3. The van der Waals surface area contributed by atoms with Crippen LogP contribution in [-0.4, -0.2) is 58.4 Å². The molecule has 1 saturated heterocycles. The number of benzene rings is 2. The van der Waals surface area contributed by atoms with Crippen LogP contribution >= 0.6 is 0 Å². The maximum Gasteiger partial charge on any atom is 0.247 e. The summed E-state index contributed by atoms with van der Waals surface area (Å²) < 4.78 is 5.54. The fraction of sp³-hybridized carbons (Fsp3) is 0.185. The van der Waals surface area contributed by atoms with Crippen molar-refractivity contribution in [3.63, 3.8) is 0 Å². The number of amides is 1. The summed E-state index contributed by atoms with van der Waals surface area (Å²) in [4.78, 5) is 27.9. The van der Waals surface area contributed by atoms with Crippen molar-refractivity contribution in [2.24, 2.45) is 0 Å². The van der Waals surface area contributed by atoms with Gasteiger partial charge >= 0.3 is 0 Å². The lowest BCUT2D eigenvalue weighted by Gasteiger charge is -2.33. The number of aliphatic hydroxyl groups is 1. The van der Waals surface area contributed by atoms with Crippen LogP contribution in [0, 0.1) is 0 Å². The summed E-state index contributed by atoms with van der Waals surface area (Å²) in [5, 5.41) is 16.3. The van der Waals surface area contributed by atoms with E-state index < -0.39 is 0 Å². The van der Waals surface area contributed by atoms with Gasteiger partial charge in [-0.25, -0.2) is 9.97 Å². The van der Waals surface area contributed by atoms with Crippen LogP contribution in [-0.2, 0) is 9.53 Å². The SMILES string of the molecule is C=CC(=O)Nc1cccnc1-c1cccc2cnc(Nc3ccc(N4CCO[C@H](CO)C4)cc3)nc12. The number of pyridine rings is 1. The molecule has 3 N–H and O–H groups in total. The smallest absolute Gasteiger partial charge is 0.247 e. The topological polar surface area (TPSA) is 112 Å². The zero-order valence-electron chi connectivity index (χ0n) is 19.6. The van der Waals surface area contributed by atoms with Crippen molar-refractivity contribution in [3.05, 3.63) is 79.6 Å². The van der Waals surface area contributed by atoms with Crippen molar-refractivity contribution in [2.75, 3.05) is 41.8 Å². The van der Waals surface area contributed by atoms with Crippen LogP contribution in [0.5, 0.6) is 0 Å². The van der Waals surface area contributed by atoms with E-state index in [2.05, 4.69) is 32.1 Å². The van der Waals surface area contributed by atoms with Crippen LogP contribution in [0.15, 0.2) is 79.6 Å². The quantitative estimate of drug-likeness (QED) is 0.342. The van der Waals surface area contributed by atoms with Crippen LogP contribution in [0.2, 0.25) is 0 Å². The van der Waals surface area contributed by atoms with Gasteiger partial charge in [-0.15, -0.1) is 0 Å². The Morgan fingerprint density at radius 3 is 2.83 bits per heavy atom. The second kappa shape index (κ2) is 10.5. The molecule has 0 aliphatic carbocycles. The van der Waals surface area contributed by atoms with E-state index in [1.807, 2.05) is 42.5 Å². The third kappa shape index (κ3) is 5.02. The number of carbonyl (C=O) groups is 1. The highest BCUT2D eigenvalue weighted by atomic mass is 16.5. The number of hydrogen-bond acceptors (Lipinski definition) is 8. The molecule has 0 saturated carbocycles. The first-order chi connectivity index (χ1) is 17.6. The van der Waals surface area contributed by atoms with Gasteiger partial charge in [0.25, 0.3) is 0 Å². The Balaban J connectivity index is 1.41. The van der Waals surface area contributed by atoms with Crippen molar-refractivity contribution < 1.29 is 14.6 Å². The summed E-state index contributed by atoms with van der Waals surface area (Å²) in [6, 6.07) is 17.3. The Bertz CT molecular complexity index is 1390. The summed E-state index contributed by atoms with van der Waals surface area (Å²) >= 11 is 0. The minimum absolute atomic E-state index is 0.0120. The number of aliphatic hydroxyl groups excluding tert-OH is 1. The number of rotatable bonds is 7. The summed E-state index contributed by atoms with van der Waals surface area (Å²) in [5.74, 6) is 0.135. The Morgan fingerprint density at radius 1 is 1.17 bits per heavy atom. The van der Waals surface area contributed by atoms with Gasteiger partial charge in [0, 0.05) is 47.8 Å². The van der Waals surface area contributed by atoms with Gasteiger partial charge < -0.3 is 25.4 Å². The lowest BCUT2D eigenvalue weighted by Crippen LogP contribution is -2.44. The predicted octanol–water partition coefficient (Wildman–Crippen LogP) is 3.76. The molecule has 2 aromatic heterocycles. The van der Waals surface area contributed by atoms with Crippen molar-refractivity contribution >= 4 is 39.8 Å². The van der Waals surface area contributed by atoms with Crippen LogP contribution in [0.4, 0.5) is 23.0 Å². The molecule has 0 spiro atoms. The maximum atomic E-state index is 11.9. The van der Waals surface area contributed by atoms with Gasteiger partial charge in [-0.1, -0.05) is 24.8 Å². The second-order valence-electron chi connectivity index (χ2n) is 8.32. The minimum Gasteiger partial charge on any atom is -0.394 e. The molecule has 5 rings (SSSR count). The van der Waals surface area contributed by atoms with Crippen LogP contribution in [0.25, 0.3) is 22.2 Å². The number of fused-ring (bicyclic) bond motifs is 1. The molecule has 36 heavy (non-hydrogen) atoms. The highest BCUT2D eigenvalue weighted by molar-refractivity contribution is 6.03. The van der Waals surface area contributed by atoms with Crippen LogP contribution < -0.4 is 15.5 Å². The molecule has 1 aliphatic heterocycles. The standard InChI is InChI=1S/C27H26N6O3/c1-2-24(35)31-23-7-4-12-28-26(23)22-6-3-5-18-15-29-27(32-25(18)22)30-19-8-10-20(11-9-19)33-13-14-36-21(16-33)17-34/h2-12,15,21,34H,1,13-14,16-17H2,(H,31,35)(H,29,30,32)/t21-/m0/s1. The van der Waals surface area contributed by atoms with E-state index in [-0.39, 0.29) is 18.6 Å². The summed E-state index contributed by atoms with van der Waals surface area (Å²) in [5.41, 5.74) is 4.58. The normalized spacial score (nSPS) is 15.5. The first-order valence-corrected chi connectivity index (χ1v) is 11.6. The van der Waals surface area contributed by atoms with Crippen LogP contribution in [0.3, 0.4) is 0 Å². The van der Waals surface area contributed by atoms with Crippen molar-refractivity contribution in [1.29, 1.82) is 0 Å². The predicted molar refractivity (Wildman–Crippen MR) is 140 cm³/mol. The molecule has 4 aromatic rings. The number of ether oxygens (including phenoxy) is 1. The molecule has 1 amide bonds. The summed E-state index contributed by atoms with van der Waals surface area (Å²) in [7, 11) is 0. The van der Waals surface area contributed by atoms with Crippen LogP contribution in [0.1, 0.15) is 0 Å². The lowest BCUT2D eigenvalue weighted by atomic mass is 10.1. The molecular formula is C27H26N6O3. The first-order valence-electron chi connectivity index (χ1n) is 11.6. The van der Waals surface area contributed by atoms with E-state index in [1.165, 1.54) is 6.08 Å². The molecule has 1 aliphatic rings. The number of hydrogen-bond donors (Lipinski definition) is 3. The zero-order chi connectivity index (χ0) is 24.9. The van der Waals surface area contributed by atoms with Gasteiger partial charge in [0.05, 0.1) is 36.2 Å². The van der Waals surface area contributed by atoms with E-state index in [4.69, 9.17) is 9.72 Å². The van der Waals surface area contributed by atoms with Crippen molar-refractivity contribution in [2.45, 2.75) is 6.10 Å². The Morgan fingerprint density at radius 2 is 2.03 bits per heavy atom. The highest BCUT2D eigenvalue weighted by Crippen LogP contribution is 2.32. The van der Waals surface area contributed by atoms with E-state index in [1.54, 1.807) is 24.5 Å². The average molecular weight is 483 g/mol. The molecule has 182 valence electrons. The number of para-hydroxylation sites is 1. The number of nitrogens with one attached hydrogen (secondary N) is 2. The first kappa shape index (κ1) is 23.4. The van der Waals surface area contributed by atoms with E-state index in [0.717, 1.165) is 28.9 Å².